The lowest BCUT2D eigenvalue weighted by atomic mass is 10.1. The van der Waals surface area contributed by atoms with E-state index < -0.39 is 53.1 Å². The Kier molecular flexibility index (Phi) is 8.44. The van der Waals surface area contributed by atoms with Crippen LogP contribution in [0.15, 0.2) is 30.0 Å². The molecule has 19 nitrogen and oxygen atoms in total. The van der Waals surface area contributed by atoms with Crippen molar-refractivity contribution in [1.29, 1.82) is 0 Å². The summed E-state index contributed by atoms with van der Waals surface area (Å²) < 4.78 is 69.0. The fourth-order valence-corrected chi connectivity index (χ4v) is 8.59. The van der Waals surface area contributed by atoms with Crippen LogP contribution < -0.4 is 15.6 Å². The molecule has 22 heteroatoms. The van der Waals surface area contributed by atoms with E-state index in [1.807, 2.05) is 4.57 Å². The second kappa shape index (κ2) is 12.3. The number of nitrogens with zero attached hydrogens (tertiary/aromatic N) is 7. The van der Waals surface area contributed by atoms with Gasteiger partial charge in [-0.05, 0) is 12.8 Å². The number of nitrogens with one attached hydrogen (secondary N) is 3. The number of aromatic amines is 1. The molecule has 47 heavy (non-hydrogen) atoms. The average Bonchev–Trinajstić information content (AvgIpc) is 3.79. The molecule has 6 heterocycles. The fraction of sp³-hybridized carbons (Fsp3) is 0.560. The van der Waals surface area contributed by atoms with Gasteiger partial charge in [-0.2, -0.15) is 18.1 Å². The third-order valence-corrected chi connectivity index (χ3v) is 11.0. The number of anilines is 1. The maximum atomic E-state index is 13.6. The SMILES string of the molecule is CC(C)C(=O)Nc1nc2c(ncn2[C@@H]2O[C@@H]3CNS(=O)(=O)O[C@H]4C[C@H](n5cnc6cncnc65)C[C@@H]4CO[P@](=O)(S)O[C@@H]2C3)c(=O)[nH]1. The van der Waals surface area contributed by atoms with E-state index in [1.54, 1.807) is 26.4 Å². The number of rotatable bonds is 4. The Hall–Kier alpha value is -3.30. The fourth-order valence-electron chi connectivity index (χ4n) is 6.03. The highest BCUT2D eigenvalue weighted by Crippen LogP contribution is 2.57. The van der Waals surface area contributed by atoms with Crippen molar-refractivity contribution in [1.82, 2.24) is 43.8 Å². The van der Waals surface area contributed by atoms with Crippen molar-refractivity contribution in [3.05, 3.63) is 35.5 Å². The number of amides is 1. The molecule has 1 amide bonds. The summed E-state index contributed by atoms with van der Waals surface area (Å²) in [6.45, 7) is -1.11. The molecule has 4 aromatic rings. The van der Waals surface area contributed by atoms with Gasteiger partial charge < -0.3 is 13.8 Å². The Morgan fingerprint density at radius 2 is 1.94 bits per heavy atom. The normalized spacial score (nSPS) is 31.3. The number of H-pyrrole nitrogens is 1. The predicted molar refractivity (Wildman–Crippen MR) is 166 cm³/mol. The Morgan fingerprint density at radius 1 is 1.13 bits per heavy atom. The van der Waals surface area contributed by atoms with E-state index in [1.165, 1.54) is 17.2 Å². The lowest BCUT2D eigenvalue weighted by Gasteiger charge is -2.25. The number of aromatic nitrogens is 8. The molecule has 0 radical (unpaired) electrons. The molecule has 0 aromatic carbocycles. The largest absolute Gasteiger partial charge is 0.386 e. The van der Waals surface area contributed by atoms with Gasteiger partial charge in [-0.25, -0.2) is 24.5 Å². The Labute approximate surface area is 272 Å². The summed E-state index contributed by atoms with van der Waals surface area (Å²) in [5.74, 6) is -1.37. The number of hydrogen-bond donors (Lipinski definition) is 4. The first kappa shape index (κ1) is 32.3. The van der Waals surface area contributed by atoms with Gasteiger partial charge in [0.2, 0.25) is 11.9 Å². The maximum absolute atomic E-state index is 13.6. The van der Waals surface area contributed by atoms with Crippen LogP contribution in [0.5, 0.6) is 0 Å². The van der Waals surface area contributed by atoms with Crippen molar-refractivity contribution in [2.24, 2.45) is 11.8 Å². The Bertz CT molecular complexity index is 2050. The van der Waals surface area contributed by atoms with Gasteiger partial charge in [0.15, 0.2) is 23.0 Å². The molecular formula is C25H31N10O9PS2. The Morgan fingerprint density at radius 3 is 2.74 bits per heavy atom. The van der Waals surface area contributed by atoms with Gasteiger partial charge in [0, 0.05) is 30.8 Å². The molecule has 2 saturated heterocycles. The highest BCUT2D eigenvalue weighted by Gasteiger charge is 2.45. The summed E-state index contributed by atoms with van der Waals surface area (Å²) in [5.41, 5.74) is 0.550. The molecule has 0 spiro atoms. The van der Waals surface area contributed by atoms with Gasteiger partial charge >= 0.3 is 17.1 Å². The monoisotopic (exact) mass is 710 g/mol. The van der Waals surface area contributed by atoms with Gasteiger partial charge in [0.25, 0.3) is 5.56 Å². The van der Waals surface area contributed by atoms with E-state index in [0.29, 0.717) is 17.6 Å². The molecule has 3 fully saturated rings. The molecule has 7 rings (SSSR count). The minimum absolute atomic E-state index is 0.0455. The predicted octanol–water partition coefficient (Wildman–Crippen LogP) is 1.47. The van der Waals surface area contributed by atoms with E-state index in [9.17, 15) is 22.6 Å². The molecule has 0 unspecified atom stereocenters. The zero-order chi connectivity index (χ0) is 33.1. The first-order valence-corrected chi connectivity index (χ1v) is 18.9. The molecule has 2 aliphatic heterocycles. The van der Waals surface area contributed by atoms with E-state index in [4.69, 9.17) is 18.0 Å². The molecule has 4 aromatic heterocycles. The number of ether oxygens (including phenoxy) is 1. The van der Waals surface area contributed by atoms with E-state index in [0.717, 1.165) is 0 Å². The smallest absolute Gasteiger partial charge is 0.350 e. The highest BCUT2D eigenvalue weighted by atomic mass is 32.7. The van der Waals surface area contributed by atoms with Gasteiger partial charge in [-0.1, -0.05) is 26.1 Å². The van der Waals surface area contributed by atoms with Crippen LogP contribution in [0.2, 0.25) is 0 Å². The number of carbonyl (C=O) groups excluding carboxylic acids is 1. The second-order valence-electron chi connectivity index (χ2n) is 11.9. The topological polar surface area (TPSA) is 236 Å². The summed E-state index contributed by atoms with van der Waals surface area (Å²) in [6.07, 6.45) is 2.94. The van der Waals surface area contributed by atoms with E-state index in [-0.39, 0.29) is 61.0 Å². The van der Waals surface area contributed by atoms with Gasteiger partial charge in [-0.15, -0.1) is 0 Å². The van der Waals surface area contributed by atoms with Crippen LogP contribution in [-0.4, -0.2) is 84.8 Å². The van der Waals surface area contributed by atoms with Crippen molar-refractivity contribution in [2.75, 3.05) is 18.5 Å². The number of imidazole rings is 2. The molecule has 2 bridgehead atoms. The molecular weight excluding hydrogens is 679 g/mol. The van der Waals surface area contributed by atoms with Crippen molar-refractivity contribution in [3.63, 3.8) is 0 Å². The number of hydrogen-bond acceptors (Lipinski definition) is 14. The zero-order valence-electron chi connectivity index (χ0n) is 25.0. The minimum atomic E-state index is -4.28. The third-order valence-electron chi connectivity index (χ3n) is 8.31. The van der Waals surface area contributed by atoms with E-state index >= 15 is 0 Å². The summed E-state index contributed by atoms with van der Waals surface area (Å²) in [7, 11) is -4.28. The van der Waals surface area contributed by atoms with Crippen LogP contribution in [0.4, 0.5) is 5.95 Å². The third kappa shape index (κ3) is 6.58. The lowest BCUT2D eigenvalue weighted by molar-refractivity contribution is -0.118. The lowest BCUT2D eigenvalue weighted by Crippen LogP contribution is -2.37. The number of fused-ring (bicyclic) bond motifs is 5. The molecule has 252 valence electrons. The number of thiol groups is 1. The quantitative estimate of drug-likeness (QED) is 0.173. The molecule has 7 atom stereocenters. The van der Waals surface area contributed by atoms with Crippen molar-refractivity contribution in [2.45, 2.75) is 63.7 Å². The second-order valence-corrected chi connectivity index (χ2v) is 16.1. The Balaban J connectivity index is 1.16. The molecule has 3 N–H and O–H groups in total. The summed E-state index contributed by atoms with van der Waals surface area (Å²) in [6, 6.07) is -0.249. The van der Waals surface area contributed by atoms with Crippen molar-refractivity contribution >= 4 is 63.5 Å². The number of carbonyl (C=O) groups is 1. The van der Waals surface area contributed by atoms with Gasteiger partial charge in [-0.3, -0.25) is 33.2 Å². The van der Waals surface area contributed by atoms with Crippen LogP contribution in [0.1, 0.15) is 45.4 Å². The molecule has 1 saturated carbocycles. The van der Waals surface area contributed by atoms with Gasteiger partial charge in [0.1, 0.15) is 17.9 Å². The van der Waals surface area contributed by atoms with E-state index in [2.05, 4.69) is 52.2 Å². The summed E-state index contributed by atoms with van der Waals surface area (Å²) in [4.78, 5) is 48.6. The van der Waals surface area contributed by atoms with Crippen LogP contribution in [0, 0.1) is 11.8 Å². The van der Waals surface area contributed by atoms with Gasteiger partial charge in [0.05, 0.1) is 37.7 Å². The first-order valence-electron chi connectivity index (χ1n) is 14.7. The minimum Gasteiger partial charge on any atom is -0.350 e. The average molecular weight is 711 g/mol. The van der Waals surface area contributed by atoms with Crippen LogP contribution in [-0.2, 0) is 37.6 Å². The zero-order valence-corrected chi connectivity index (χ0v) is 27.6. The summed E-state index contributed by atoms with van der Waals surface area (Å²) >= 11 is 4.24. The molecule has 3 aliphatic rings. The van der Waals surface area contributed by atoms with Crippen molar-refractivity contribution < 1.29 is 35.7 Å². The van der Waals surface area contributed by atoms with Crippen LogP contribution >= 0.6 is 19.0 Å². The first-order chi connectivity index (χ1) is 22.4. The van der Waals surface area contributed by atoms with Crippen molar-refractivity contribution in [3.8, 4) is 0 Å². The standard InChI is InChI=1S/C25H31N10O9PS2/c1-12(2)22(36)32-25-31-21-19(23(37)33-25)29-11-35(21)24-18-5-15(42-24)6-30-47(39,40)44-17-4-14(3-13(17)8-41-45(38,46)43-18)34-10-28-16-7-26-9-27-20(16)34/h7,9-15,17-18,24,30H,3-6,8H2,1-2H3,(H,38,46)(H2,31,32,33,36,37)/t13-,14-,15+,17+,18-,24-,45+/m1/s1. The van der Waals surface area contributed by atoms with Crippen LogP contribution in [0.25, 0.3) is 22.3 Å². The highest BCUT2D eigenvalue weighted by molar-refractivity contribution is 8.44. The summed E-state index contributed by atoms with van der Waals surface area (Å²) in [5, 5.41) is 2.55. The maximum Gasteiger partial charge on any atom is 0.386 e. The van der Waals surface area contributed by atoms with Crippen LogP contribution in [0.3, 0.4) is 0 Å². The molecule has 1 aliphatic carbocycles.